The highest BCUT2D eigenvalue weighted by Gasteiger charge is 2.36. The Morgan fingerprint density at radius 3 is 2.16 bits per heavy atom. The van der Waals surface area contributed by atoms with Gasteiger partial charge in [-0.05, 0) is 36.1 Å². The highest BCUT2D eigenvalue weighted by Crippen LogP contribution is 2.27. The van der Waals surface area contributed by atoms with E-state index in [4.69, 9.17) is 0 Å². The van der Waals surface area contributed by atoms with E-state index in [9.17, 15) is 14.4 Å². The average Bonchev–Trinajstić information content (AvgIpc) is 2.87. The summed E-state index contributed by atoms with van der Waals surface area (Å²) in [5, 5.41) is 2.84. The minimum absolute atomic E-state index is 0.290. The molecule has 0 aliphatic carbocycles. The fraction of sp³-hybridized carbons (Fsp3) is 0.250. The van der Waals surface area contributed by atoms with Crippen LogP contribution < -0.4 is 5.32 Å². The van der Waals surface area contributed by atoms with Gasteiger partial charge in [0.05, 0.1) is 11.1 Å². The summed E-state index contributed by atoms with van der Waals surface area (Å²) in [6.07, 6.45) is 0.950. The van der Waals surface area contributed by atoms with Crippen molar-refractivity contribution in [1.29, 1.82) is 0 Å². The first kappa shape index (κ1) is 16.9. The lowest BCUT2D eigenvalue weighted by atomic mass is 9.97. The molecule has 2 aromatic carbocycles. The predicted octanol–water partition coefficient (Wildman–Crippen LogP) is 3.43. The molecule has 1 aliphatic heterocycles. The number of anilines is 1. The first-order chi connectivity index (χ1) is 12.0. The molecule has 3 rings (SSSR count). The highest BCUT2D eigenvalue weighted by molar-refractivity contribution is 6.22. The zero-order valence-electron chi connectivity index (χ0n) is 14.3. The third kappa shape index (κ3) is 3.18. The molecule has 1 aliphatic rings. The van der Waals surface area contributed by atoms with E-state index in [1.807, 2.05) is 24.3 Å². The van der Waals surface area contributed by atoms with Gasteiger partial charge >= 0.3 is 0 Å². The molecule has 0 aromatic heterocycles. The first-order valence-corrected chi connectivity index (χ1v) is 8.37. The zero-order chi connectivity index (χ0) is 18.0. The van der Waals surface area contributed by atoms with Gasteiger partial charge in [0.2, 0.25) is 5.91 Å². The van der Waals surface area contributed by atoms with E-state index in [1.165, 1.54) is 0 Å². The van der Waals surface area contributed by atoms with Gasteiger partial charge in [-0.25, -0.2) is 0 Å². The van der Waals surface area contributed by atoms with Crippen LogP contribution in [0.15, 0.2) is 48.5 Å². The number of carbonyl (C=O) groups is 3. The van der Waals surface area contributed by atoms with Crippen LogP contribution in [0.1, 0.15) is 52.5 Å². The molecule has 0 saturated carbocycles. The van der Waals surface area contributed by atoms with Crippen molar-refractivity contribution in [1.82, 2.24) is 4.90 Å². The molecule has 0 fully saturated rings. The normalized spacial score (nSPS) is 14.4. The third-order valence-electron chi connectivity index (χ3n) is 4.56. The molecule has 0 saturated heterocycles. The van der Waals surface area contributed by atoms with Gasteiger partial charge in [-0.15, -0.1) is 0 Å². The molecule has 0 radical (unpaired) electrons. The molecule has 1 N–H and O–H groups in total. The highest BCUT2D eigenvalue weighted by atomic mass is 16.2. The van der Waals surface area contributed by atoms with Crippen molar-refractivity contribution < 1.29 is 14.4 Å². The molecular weight excluding hydrogens is 316 g/mol. The van der Waals surface area contributed by atoms with Gasteiger partial charge in [-0.1, -0.05) is 44.2 Å². The van der Waals surface area contributed by atoms with Crippen LogP contribution in [0.2, 0.25) is 0 Å². The second kappa shape index (κ2) is 6.89. The van der Waals surface area contributed by atoms with Gasteiger partial charge < -0.3 is 5.32 Å². The van der Waals surface area contributed by atoms with E-state index in [2.05, 4.69) is 19.2 Å². The summed E-state index contributed by atoms with van der Waals surface area (Å²) in [7, 11) is 0. The molecule has 2 aromatic rings. The van der Waals surface area contributed by atoms with Crippen LogP contribution in [-0.4, -0.2) is 29.2 Å². The van der Waals surface area contributed by atoms with E-state index >= 15 is 0 Å². The van der Waals surface area contributed by atoms with Crippen molar-refractivity contribution in [2.45, 2.75) is 26.2 Å². The van der Waals surface area contributed by atoms with Crippen LogP contribution in [0.25, 0.3) is 0 Å². The Labute approximate surface area is 146 Å². The number of carbonyl (C=O) groups excluding carboxylic acids is 3. The minimum Gasteiger partial charge on any atom is -0.324 e. The summed E-state index contributed by atoms with van der Waals surface area (Å²) in [4.78, 5) is 38.1. The predicted molar refractivity (Wildman–Crippen MR) is 95.6 cm³/mol. The SMILES string of the molecule is CC[C@@H](C)c1ccccc1NC(=O)CN1C(=O)c2ccccc2C1=O. The Morgan fingerprint density at radius 2 is 1.56 bits per heavy atom. The molecule has 25 heavy (non-hydrogen) atoms. The van der Waals surface area contributed by atoms with Crippen LogP contribution in [0, 0.1) is 0 Å². The van der Waals surface area contributed by atoms with Crippen LogP contribution in [0.3, 0.4) is 0 Å². The Hall–Kier alpha value is -2.95. The van der Waals surface area contributed by atoms with Crippen molar-refractivity contribution in [3.8, 4) is 0 Å². The maximum Gasteiger partial charge on any atom is 0.262 e. The summed E-state index contributed by atoms with van der Waals surface area (Å²) >= 11 is 0. The summed E-state index contributed by atoms with van der Waals surface area (Å²) in [6, 6.07) is 14.2. The van der Waals surface area contributed by atoms with Gasteiger partial charge in [0.25, 0.3) is 11.8 Å². The first-order valence-electron chi connectivity index (χ1n) is 8.37. The monoisotopic (exact) mass is 336 g/mol. The van der Waals surface area contributed by atoms with Crippen LogP contribution in [0.4, 0.5) is 5.69 Å². The Kier molecular flexibility index (Phi) is 4.65. The quantitative estimate of drug-likeness (QED) is 0.851. The van der Waals surface area contributed by atoms with Gasteiger partial charge in [-0.2, -0.15) is 0 Å². The molecule has 5 nitrogen and oxygen atoms in total. The largest absolute Gasteiger partial charge is 0.324 e. The van der Waals surface area contributed by atoms with Gasteiger partial charge in [0.1, 0.15) is 6.54 Å². The van der Waals surface area contributed by atoms with Crippen molar-refractivity contribution in [2.24, 2.45) is 0 Å². The van der Waals surface area contributed by atoms with Gasteiger partial charge in [0, 0.05) is 5.69 Å². The number of imide groups is 1. The minimum atomic E-state index is -0.425. The fourth-order valence-electron chi connectivity index (χ4n) is 2.98. The fourth-order valence-corrected chi connectivity index (χ4v) is 2.98. The molecule has 1 heterocycles. The smallest absolute Gasteiger partial charge is 0.262 e. The molecule has 0 bridgehead atoms. The Morgan fingerprint density at radius 1 is 1.00 bits per heavy atom. The van der Waals surface area contributed by atoms with E-state index in [-0.39, 0.29) is 12.5 Å². The maximum absolute atomic E-state index is 12.4. The third-order valence-corrected chi connectivity index (χ3v) is 4.56. The van der Waals surface area contributed by atoms with Crippen LogP contribution in [0.5, 0.6) is 0 Å². The van der Waals surface area contributed by atoms with Crippen LogP contribution in [-0.2, 0) is 4.79 Å². The number of rotatable bonds is 5. The number of amides is 3. The van der Waals surface area contributed by atoms with Crippen molar-refractivity contribution in [2.75, 3.05) is 11.9 Å². The zero-order valence-corrected chi connectivity index (χ0v) is 14.3. The topological polar surface area (TPSA) is 66.5 Å². The van der Waals surface area contributed by atoms with Gasteiger partial charge in [0.15, 0.2) is 0 Å². The second-order valence-electron chi connectivity index (χ2n) is 6.19. The number of hydrogen-bond donors (Lipinski definition) is 1. The van der Waals surface area contributed by atoms with Gasteiger partial charge in [-0.3, -0.25) is 19.3 Å². The lowest BCUT2D eigenvalue weighted by Gasteiger charge is -2.17. The maximum atomic E-state index is 12.4. The number of para-hydroxylation sites is 1. The number of fused-ring (bicyclic) bond motifs is 1. The molecule has 128 valence electrons. The standard InChI is InChI=1S/C20H20N2O3/c1-3-13(2)14-8-6-7-11-17(14)21-18(23)12-22-19(24)15-9-4-5-10-16(15)20(22)25/h4-11,13H,3,12H2,1-2H3,(H,21,23)/t13-/m1/s1. The average molecular weight is 336 g/mol. The molecule has 3 amide bonds. The van der Waals surface area contributed by atoms with Crippen molar-refractivity contribution in [3.05, 3.63) is 65.2 Å². The summed E-state index contributed by atoms with van der Waals surface area (Å²) < 4.78 is 0. The number of nitrogens with zero attached hydrogens (tertiary/aromatic N) is 1. The van der Waals surface area contributed by atoms with E-state index < -0.39 is 11.8 Å². The summed E-state index contributed by atoms with van der Waals surface area (Å²) in [6.45, 7) is 3.89. The molecular formula is C20H20N2O3. The lowest BCUT2D eigenvalue weighted by molar-refractivity contribution is -0.116. The Bertz CT molecular complexity index is 809. The molecule has 0 unspecified atom stereocenters. The lowest BCUT2D eigenvalue weighted by Crippen LogP contribution is -2.37. The number of nitrogens with one attached hydrogen (secondary N) is 1. The Balaban J connectivity index is 1.75. The second-order valence-corrected chi connectivity index (χ2v) is 6.19. The molecule has 0 spiro atoms. The summed E-state index contributed by atoms with van der Waals surface area (Å²) in [5.74, 6) is -0.932. The molecule has 5 heteroatoms. The van der Waals surface area contributed by atoms with E-state index in [0.717, 1.165) is 22.6 Å². The van der Waals surface area contributed by atoms with Crippen molar-refractivity contribution in [3.63, 3.8) is 0 Å². The van der Waals surface area contributed by atoms with Crippen LogP contribution >= 0.6 is 0 Å². The molecule has 1 atom stereocenters. The van der Waals surface area contributed by atoms with E-state index in [1.54, 1.807) is 24.3 Å². The number of hydrogen-bond acceptors (Lipinski definition) is 3. The summed E-state index contributed by atoms with van der Waals surface area (Å²) in [5.41, 5.74) is 2.46. The van der Waals surface area contributed by atoms with Crippen molar-refractivity contribution >= 4 is 23.4 Å². The number of benzene rings is 2. The van der Waals surface area contributed by atoms with E-state index in [0.29, 0.717) is 17.0 Å².